The lowest BCUT2D eigenvalue weighted by Gasteiger charge is -2.47. The first-order chi connectivity index (χ1) is 10.7. The van der Waals surface area contributed by atoms with E-state index in [2.05, 4.69) is 6.07 Å². The van der Waals surface area contributed by atoms with Crippen LogP contribution in [-0.4, -0.2) is 46.5 Å². The molecule has 1 aliphatic rings. The monoisotopic (exact) mass is 318 g/mol. The normalized spacial score (nSPS) is 24.0. The molecular weight excluding hydrogens is 292 g/mol. The lowest BCUT2D eigenvalue weighted by Crippen LogP contribution is -2.55. The number of benzene rings is 1. The lowest BCUT2D eigenvalue weighted by atomic mass is 9.84. The number of nitriles is 1. The van der Waals surface area contributed by atoms with Crippen LogP contribution >= 0.6 is 0 Å². The van der Waals surface area contributed by atoms with Crippen LogP contribution in [0, 0.1) is 17.2 Å². The van der Waals surface area contributed by atoms with Gasteiger partial charge in [0, 0.05) is 11.6 Å². The Bertz CT molecular complexity index is 607. The number of nitrogens with zero attached hydrogens (tertiary/aromatic N) is 2. The lowest BCUT2D eigenvalue weighted by molar-refractivity contribution is -0.102. The van der Waals surface area contributed by atoms with Crippen molar-refractivity contribution in [3.63, 3.8) is 0 Å². The van der Waals surface area contributed by atoms with Crippen LogP contribution in [0.2, 0.25) is 0 Å². The highest BCUT2D eigenvalue weighted by atomic mass is 16.5. The van der Waals surface area contributed by atoms with Crippen LogP contribution < -0.4 is 4.74 Å². The third kappa shape index (κ3) is 3.20. The average Bonchev–Trinajstić information content (AvgIpc) is 2.48. The topological polar surface area (TPSA) is 76.7 Å². The maximum absolute atomic E-state index is 10.9. The summed E-state index contributed by atoms with van der Waals surface area (Å²) in [7, 11) is 1.90. The standard InChI is InChI=1S/C18H26N2O3/c1-11(2)14(10-21)20(5)16-13-8-12(9-19)6-7-15(13)23-18(3,4)17(16)22/h6-8,11,14,16-17,21-22H,10H2,1-5H3/t14-,16-,17+/m1/s1. The van der Waals surface area contributed by atoms with Gasteiger partial charge in [-0.15, -0.1) is 0 Å². The minimum atomic E-state index is -0.776. The van der Waals surface area contributed by atoms with E-state index in [4.69, 9.17) is 10.00 Å². The average molecular weight is 318 g/mol. The first-order valence-electron chi connectivity index (χ1n) is 7.96. The molecule has 126 valence electrons. The fourth-order valence-electron chi connectivity index (χ4n) is 3.29. The molecule has 5 nitrogen and oxygen atoms in total. The molecule has 0 radical (unpaired) electrons. The molecule has 3 atom stereocenters. The van der Waals surface area contributed by atoms with E-state index in [0.717, 1.165) is 5.56 Å². The summed E-state index contributed by atoms with van der Waals surface area (Å²) in [5, 5.41) is 29.8. The molecule has 0 saturated heterocycles. The van der Waals surface area contributed by atoms with Crippen LogP contribution in [0.1, 0.15) is 44.9 Å². The molecule has 0 amide bonds. The van der Waals surface area contributed by atoms with Gasteiger partial charge in [-0.05, 0) is 45.0 Å². The molecule has 2 rings (SSSR count). The maximum Gasteiger partial charge on any atom is 0.131 e. The summed E-state index contributed by atoms with van der Waals surface area (Å²) in [6, 6.07) is 6.96. The summed E-state index contributed by atoms with van der Waals surface area (Å²) < 4.78 is 5.94. The summed E-state index contributed by atoms with van der Waals surface area (Å²) >= 11 is 0. The molecule has 23 heavy (non-hydrogen) atoms. The number of aliphatic hydroxyl groups excluding tert-OH is 2. The fourth-order valence-corrected chi connectivity index (χ4v) is 3.29. The van der Waals surface area contributed by atoms with E-state index >= 15 is 0 Å². The van der Waals surface area contributed by atoms with E-state index < -0.39 is 11.7 Å². The second-order valence-corrected chi connectivity index (χ2v) is 7.12. The van der Waals surface area contributed by atoms with E-state index in [1.165, 1.54) is 0 Å². The molecule has 1 aromatic carbocycles. The van der Waals surface area contributed by atoms with Crippen molar-refractivity contribution in [2.75, 3.05) is 13.7 Å². The summed E-state index contributed by atoms with van der Waals surface area (Å²) in [5.74, 6) is 0.905. The quantitative estimate of drug-likeness (QED) is 0.889. The van der Waals surface area contributed by atoms with E-state index in [1.807, 2.05) is 39.6 Å². The number of likely N-dealkylation sites (N-methyl/N-ethyl adjacent to an activating group) is 1. The van der Waals surface area contributed by atoms with Crippen molar-refractivity contribution in [2.45, 2.75) is 51.5 Å². The van der Waals surface area contributed by atoms with Crippen molar-refractivity contribution >= 4 is 0 Å². The molecule has 0 aliphatic carbocycles. The SMILES string of the molecule is CC(C)[C@@H](CO)N(C)[C@@H]1c2cc(C#N)ccc2OC(C)(C)[C@H]1O. The Kier molecular flexibility index (Phi) is 5.00. The van der Waals surface area contributed by atoms with Crippen LogP contribution in [0.4, 0.5) is 0 Å². The van der Waals surface area contributed by atoms with Crippen LogP contribution in [-0.2, 0) is 0 Å². The van der Waals surface area contributed by atoms with Crippen molar-refractivity contribution in [3.8, 4) is 11.8 Å². The van der Waals surface area contributed by atoms with Gasteiger partial charge < -0.3 is 14.9 Å². The van der Waals surface area contributed by atoms with Gasteiger partial charge in [0.05, 0.1) is 24.3 Å². The second-order valence-electron chi connectivity index (χ2n) is 7.12. The molecular formula is C18H26N2O3. The minimum Gasteiger partial charge on any atom is -0.485 e. The third-order valence-electron chi connectivity index (χ3n) is 4.76. The summed E-state index contributed by atoms with van der Waals surface area (Å²) in [4.78, 5) is 2.00. The molecule has 0 saturated carbocycles. The van der Waals surface area contributed by atoms with Crippen LogP contribution in [0.15, 0.2) is 18.2 Å². The molecule has 1 aromatic rings. The summed E-state index contributed by atoms with van der Waals surface area (Å²) in [6.45, 7) is 7.79. The molecule has 0 fully saturated rings. The van der Waals surface area contributed by atoms with E-state index in [1.54, 1.807) is 18.2 Å². The van der Waals surface area contributed by atoms with Gasteiger partial charge in [-0.1, -0.05) is 13.8 Å². The zero-order valence-electron chi connectivity index (χ0n) is 14.4. The van der Waals surface area contributed by atoms with Crippen molar-refractivity contribution < 1.29 is 14.9 Å². The number of hydrogen-bond donors (Lipinski definition) is 2. The second kappa shape index (κ2) is 6.48. The Morgan fingerprint density at radius 3 is 2.57 bits per heavy atom. The Balaban J connectivity index is 2.54. The Hall–Kier alpha value is -1.61. The van der Waals surface area contributed by atoms with Gasteiger partial charge in [0.2, 0.25) is 0 Å². The highest BCUT2D eigenvalue weighted by Crippen LogP contribution is 2.43. The van der Waals surface area contributed by atoms with Gasteiger partial charge in [0.1, 0.15) is 17.5 Å². The molecule has 0 unspecified atom stereocenters. The molecule has 0 bridgehead atoms. The van der Waals surface area contributed by atoms with Gasteiger partial charge in [-0.25, -0.2) is 0 Å². The first kappa shape index (κ1) is 17.7. The molecule has 1 aliphatic heterocycles. The van der Waals surface area contributed by atoms with Gasteiger partial charge in [0.15, 0.2) is 0 Å². The zero-order chi connectivity index (χ0) is 17.4. The van der Waals surface area contributed by atoms with Crippen molar-refractivity contribution in [2.24, 2.45) is 5.92 Å². The summed E-state index contributed by atoms with van der Waals surface area (Å²) in [5.41, 5.74) is 0.567. The van der Waals surface area contributed by atoms with Crippen molar-refractivity contribution in [3.05, 3.63) is 29.3 Å². The van der Waals surface area contributed by atoms with Crippen LogP contribution in [0.5, 0.6) is 5.75 Å². The molecule has 1 heterocycles. The van der Waals surface area contributed by atoms with Crippen molar-refractivity contribution in [1.29, 1.82) is 5.26 Å². The predicted molar refractivity (Wildman–Crippen MR) is 88.1 cm³/mol. The number of fused-ring (bicyclic) bond motifs is 1. The minimum absolute atomic E-state index is 0.00590. The third-order valence-corrected chi connectivity index (χ3v) is 4.76. The summed E-state index contributed by atoms with van der Waals surface area (Å²) in [6.07, 6.45) is -0.776. The van der Waals surface area contributed by atoms with Gasteiger partial charge in [-0.3, -0.25) is 4.90 Å². The van der Waals surface area contributed by atoms with Crippen LogP contribution in [0.25, 0.3) is 0 Å². The molecule has 0 spiro atoms. The Morgan fingerprint density at radius 2 is 2.04 bits per heavy atom. The number of hydrogen-bond acceptors (Lipinski definition) is 5. The Labute approximate surface area is 138 Å². The zero-order valence-corrected chi connectivity index (χ0v) is 14.4. The molecule has 2 N–H and O–H groups in total. The van der Waals surface area contributed by atoms with Crippen molar-refractivity contribution in [1.82, 2.24) is 4.90 Å². The largest absolute Gasteiger partial charge is 0.485 e. The Morgan fingerprint density at radius 1 is 1.39 bits per heavy atom. The number of ether oxygens (including phenoxy) is 1. The van der Waals surface area contributed by atoms with Crippen LogP contribution in [0.3, 0.4) is 0 Å². The van der Waals surface area contributed by atoms with E-state index in [0.29, 0.717) is 11.3 Å². The molecule has 0 aromatic heterocycles. The van der Waals surface area contributed by atoms with Gasteiger partial charge >= 0.3 is 0 Å². The highest BCUT2D eigenvalue weighted by molar-refractivity contribution is 5.46. The molecule has 5 heteroatoms. The fraction of sp³-hybridized carbons (Fsp3) is 0.611. The van der Waals surface area contributed by atoms with E-state index in [-0.39, 0.29) is 24.6 Å². The van der Waals surface area contributed by atoms with Gasteiger partial charge in [-0.2, -0.15) is 5.26 Å². The highest BCUT2D eigenvalue weighted by Gasteiger charge is 2.46. The number of aliphatic hydroxyl groups is 2. The van der Waals surface area contributed by atoms with E-state index in [9.17, 15) is 10.2 Å². The first-order valence-corrected chi connectivity index (χ1v) is 7.96. The predicted octanol–water partition coefficient (Wildman–Crippen LogP) is 2.08. The maximum atomic E-state index is 10.9. The smallest absolute Gasteiger partial charge is 0.131 e. The van der Waals surface area contributed by atoms with Gasteiger partial charge in [0.25, 0.3) is 0 Å². The number of rotatable bonds is 4.